The van der Waals surface area contributed by atoms with Gasteiger partial charge in [-0.3, -0.25) is 24.0 Å². The number of primary amides is 1. The van der Waals surface area contributed by atoms with Crippen LogP contribution >= 0.6 is 0 Å². The molecule has 0 bridgehead atoms. The summed E-state index contributed by atoms with van der Waals surface area (Å²) in [5.74, 6) is -5.54. The number of aliphatic carboxylic acids is 2. The van der Waals surface area contributed by atoms with Crippen molar-refractivity contribution in [3.63, 3.8) is 0 Å². The van der Waals surface area contributed by atoms with E-state index in [9.17, 15) is 33.9 Å². The molecule has 1 aliphatic heterocycles. The molecule has 0 aromatic rings. The first-order valence-electron chi connectivity index (χ1n) is 11.1. The van der Waals surface area contributed by atoms with Crippen molar-refractivity contribution in [2.75, 3.05) is 13.1 Å². The highest BCUT2D eigenvalue weighted by Crippen LogP contribution is 2.19. The lowest BCUT2D eigenvalue weighted by molar-refractivity contribution is -0.147. The van der Waals surface area contributed by atoms with Crippen molar-refractivity contribution in [3.8, 4) is 0 Å². The monoisotopic (exact) mass is 486 g/mol. The SMILES string of the molecule is NCCCCC(NC(=O)C1CCCN1C(=O)C(N)CCC(N)=O)C(=O)NC(CC(=O)O)C(=O)O. The smallest absolute Gasteiger partial charge is 0.326 e. The number of carbonyl (C=O) groups excluding carboxylic acids is 4. The lowest BCUT2D eigenvalue weighted by atomic mass is 10.1. The Hall–Kier alpha value is -3.26. The van der Waals surface area contributed by atoms with Gasteiger partial charge in [-0.15, -0.1) is 0 Å². The van der Waals surface area contributed by atoms with Gasteiger partial charge in [0.2, 0.25) is 23.6 Å². The van der Waals surface area contributed by atoms with Crippen LogP contribution in [0.4, 0.5) is 0 Å². The van der Waals surface area contributed by atoms with Crippen molar-refractivity contribution < 1.29 is 39.0 Å². The first-order chi connectivity index (χ1) is 16.0. The highest BCUT2D eigenvalue weighted by Gasteiger charge is 2.38. The summed E-state index contributed by atoms with van der Waals surface area (Å²) >= 11 is 0. The Balaban J connectivity index is 2.90. The Bertz CT molecular complexity index is 776. The van der Waals surface area contributed by atoms with Crippen LogP contribution in [-0.4, -0.2) is 87.9 Å². The van der Waals surface area contributed by atoms with Gasteiger partial charge in [0, 0.05) is 13.0 Å². The largest absolute Gasteiger partial charge is 0.481 e. The molecule has 0 spiro atoms. The van der Waals surface area contributed by atoms with Gasteiger partial charge in [-0.1, -0.05) is 0 Å². The normalized spacial score (nSPS) is 17.9. The number of carboxylic acid groups (broad SMARTS) is 2. The molecular formula is C20H34N6O8. The molecule has 1 fully saturated rings. The Labute approximate surface area is 196 Å². The second kappa shape index (κ2) is 14.1. The van der Waals surface area contributed by atoms with Gasteiger partial charge in [-0.05, 0) is 45.1 Å². The molecule has 14 heteroatoms. The van der Waals surface area contributed by atoms with E-state index in [4.69, 9.17) is 22.3 Å². The molecule has 4 unspecified atom stereocenters. The summed E-state index contributed by atoms with van der Waals surface area (Å²) in [4.78, 5) is 72.8. The third-order valence-corrected chi connectivity index (χ3v) is 5.43. The minimum absolute atomic E-state index is 0.0310. The maximum Gasteiger partial charge on any atom is 0.326 e. The predicted octanol–water partition coefficient (Wildman–Crippen LogP) is -2.77. The summed E-state index contributed by atoms with van der Waals surface area (Å²) in [6, 6.07) is -4.74. The summed E-state index contributed by atoms with van der Waals surface area (Å²) in [5, 5.41) is 22.7. The van der Waals surface area contributed by atoms with Gasteiger partial charge in [-0.2, -0.15) is 0 Å². The van der Waals surface area contributed by atoms with Crippen molar-refractivity contribution in [3.05, 3.63) is 0 Å². The second-order valence-corrected chi connectivity index (χ2v) is 8.14. The standard InChI is InChI=1S/C20H34N6O8/c21-8-2-1-4-12(17(30)25-13(20(33)34)10-16(28)29)24-18(31)14-5-3-9-26(14)19(32)11(22)6-7-15(23)27/h11-14H,1-10,21-22H2,(H2,23,27)(H,24,31)(H,25,30)(H,28,29)(H,33,34). The quantitative estimate of drug-likeness (QED) is 0.117. The molecule has 1 rings (SSSR count). The molecule has 4 atom stereocenters. The molecule has 0 radical (unpaired) electrons. The van der Waals surface area contributed by atoms with Crippen LogP contribution in [0.15, 0.2) is 0 Å². The maximum absolute atomic E-state index is 13.0. The van der Waals surface area contributed by atoms with Crippen LogP contribution in [-0.2, 0) is 28.8 Å². The van der Waals surface area contributed by atoms with E-state index < -0.39 is 66.2 Å². The van der Waals surface area contributed by atoms with Gasteiger partial charge in [-0.25, -0.2) is 4.79 Å². The molecule has 0 aromatic carbocycles. The van der Waals surface area contributed by atoms with Crippen LogP contribution in [0.5, 0.6) is 0 Å². The minimum Gasteiger partial charge on any atom is -0.481 e. The molecule has 34 heavy (non-hydrogen) atoms. The highest BCUT2D eigenvalue weighted by molar-refractivity contribution is 5.95. The summed E-state index contributed by atoms with van der Waals surface area (Å²) in [6.07, 6.45) is 1.08. The van der Waals surface area contributed by atoms with E-state index in [-0.39, 0.29) is 25.8 Å². The van der Waals surface area contributed by atoms with Crippen LogP contribution in [0.1, 0.15) is 51.4 Å². The summed E-state index contributed by atoms with van der Waals surface area (Å²) < 4.78 is 0. The predicted molar refractivity (Wildman–Crippen MR) is 118 cm³/mol. The number of hydrogen-bond acceptors (Lipinski definition) is 8. The van der Waals surface area contributed by atoms with Crippen LogP contribution in [0, 0.1) is 0 Å². The van der Waals surface area contributed by atoms with Crippen LogP contribution in [0.2, 0.25) is 0 Å². The number of rotatable bonds is 15. The first kappa shape index (κ1) is 28.8. The molecule has 0 aliphatic carbocycles. The fraction of sp³-hybridized carbons (Fsp3) is 0.700. The fourth-order valence-electron chi connectivity index (χ4n) is 3.61. The number of unbranched alkanes of at least 4 members (excludes halogenated alkanes) is 1. The zero-order chi connectivity index (χ0) is 25.8. The topological polar surface area (TPSA) is 248 Å². The van der Waals surface area contributed by atoms with Gasteiger partial charge >= 0.3 is 11.9 Å². The number of nitrogens with zero attached hydrogens (tertiary/aromatic N) is 1. The van der Waals surface area contributed by atoms with Crippen LogP contribution < -0.4 is 27.8 Å². The van der Waals surface area contributed by atoms with E-state index >= 15 is 0 Å². The Morgan fingerprint density at radius 2 is 1.68 bits per heavy atom. The van der Waals surface area contributed by atoms with Gasteiger partial charge in [0.15, 0.2) is 0 Å². The van der Waals surface area contributed by atoms with E-state index in [1.165, 1.54) is 4.90 Å². The third-order valence-electron chi connectivity index (χ3n) is 5.43. The highest BCUT2D eigenvalue weighted by atomic mass is 16.4. The molecular weight excluding hydrogens is 452 g/mol. The number of nitrogens with two attached hydrogens (primary N) is 3. The average molecular weight is 487 g/mol. The van der Waals surface area contributed by atoms with Crippen LogP contribution in [0.25, 0.3) is 0 Å². The zero-order valence-corrected chi connectivity index (χ0v) is 18.9. The molecule has 192 valence electrons. The average Bonchev–Trinajstić information content (AvgIpc) is 3.25. The van der Waals surface area contributed by atoms with Crippen LogP contribution in [0.3, 0.4) is 0 Å². The fourth-order valence-corrected chi connectivity index (χ4v) is 3.61. The molecule has 4 amide bonds. The van der Waals surface area contributed by atoms with Gasteiger partial charge in [0.1, 0.15) is 18.1 Å². The number of carbonyl (C=O) groups is 6. The number of amides is 4. The van der Waals surface area contributed by atoms with E-state index in [1.807, 2.05) is 0 Å². The number of likely N-dealkylation sites (tertiary alicyclic amines) is 1. The van der Waals surface area contributed by atoms with E-state index in [0.717, 1.165) is 0 Å². The molecule has 0 saturated carbocycles. The van der Waals surface area contributed by atoms with Gasteiger partial charge < -0.3 is 42.9 Å². The Morgan fingerprint density at radius 3 is 2.24 bits per heavy atom. The van der Waals surface area contributed by atoms with Crippen molar-refractivity contribution in [2.24, 2.45) is 17.2 Å². The van der Waals surface area contributed by atoms with E-state index in [2.05, 4.69) is 10.6 Å². The Morgan fingerprint density at radius 1 is 1.00 bits per heavy atom. The molecule has 10 N–H and O–H groups in total. The van der Waals surface area contributed by atoms with Gasteiger partial charge in [0.05, 0.1) is 12.5 Å². The molecule has 1 saturated heterocycles. The van der Waals surface area contributed by atoms with E-state index in [0.29, 0.717) is 32.2 Å². The lowest BCUT2D eigenvalue weighted by Gasteiger charge is -2.28. The lowest BCUT2D eigenvalue weighted by Crippen LogP contribution is -2.56. The number of nitrogens with one attached hydrogen (secondary N) is 2. The molecule has 0 aromatic heterocycles. The summed E-state index contributed by atoms with van der Waals surface area (Å²) in [5.41, 5.74) is 16.4. The molecule has 1 aliphatic rings. The summed E-state index contributed by atoms with van der Waals surface area (Å²) in [6.45, 7) is 0.609. The van der Waals surface area contributed by atoms with Gasteiger partial charge in [0.25, 0.3) is 0 Å². The first-order valence-corrected chi connectivity index (χ1v) is 11.1. The zero-order valence-electron chi connectivity index (χ0n) is 18.9. The van der Waals surface area contributed by atoms with Crippen molar-refractivity contribution >= 4 is 35.6 Å². The third kappa shape index (κ3) is 9.31. The van der Waals surface area contributed by atoms with Crippen molar-refractivity contribution in [2.45, 2.75) is 75.5 Å². The second-order valence-electron chi connectivity index (χ2n) is 8.14. The van der Waals surface area contributed by atoms with Crippen molar-refractivity contribution in [1.29, 1.82) is 0 Å². The summed E-state index contributed by atoms with van der Waals surface area (Å²) in [7, 11) is 0. The van der Waals surface area contributed by atoms with E-state index in [1.54, 1.807) is 0 Å². The minimum atomic E-state index is -1.67. The maximum atomic E-state index is 13.0. The number of carboxylic acids is 2. The molecule has 14 nitrogen and oxygen atoms in total. The number of hydrogen-bond donors (Lipinski definition) is 7. The molecule has 1 heterocycles. The Kier molecular flexibility index (Phi) is 11.9. The van der Waals surface area contributed by atoms with Crippen molar-refractivity contribution in [1.82, 2.24) is 15.5 Å².